The van der Waals surface area contributed by atoms with Gasteiger partial charge in [-0.3, -0.25) is 0 Å². The van der Waals surface area contributed by atoms with Gasteiger partial charge >= 0.3 is 5.82 Å². The molecule has 4 rings (SSSR count). The van der Waals surface area contributed by atoms with Gasteiger partial charge in [0.1, 0.15) is 17.8 Å². The van der Waals surface area contributed by atoms with E-state index in [-0.39, 0.29) is 21.3 Å². The molecule has 2 aromatic heterocycles. The fraction of sp³-hybridized carbons (Fsp3) is 0.0500. The average molecular weight is 478 g/mol. The standard InChI is InChI=1S/C20H13ClFN3O4S2/c21-13-9-18(30-15-6-4-5-14(22)10-15)19-23-17(20(25(26)27)24(19)11-13)12-31(28,29)16-7-2-1-3-8-16/h1-11H,12H2. The normalized spacial score (nSPS) is 11.7. The Labute approximate surface area is 185 Å². The number of aromatic nitrogens is 2. The van der Waals surface area contributed by atoms with Gasteiger partial charge in [-0.1, -0.05) is 47.6 Å². The molecule has 2 aromatic carbocycles. The van der Waals surface area contributed by atoms with E-state index >= 15 is 0 Å². The van der Waals surface area contributed by atoms with Gasteiger partial charge in [-0.25, -0.2) is 17.8 Å². The number of pyridine rings is 1. The van der Waals surface area contributed by atoms with Crippen LogP contribution in [-0.4, -0.2) is 22.7 Å². The molecular weight excluding hydrogens is 465 g/mol. The fourth-order valence-corrected chi connectivity index (χ4v) is 5.59. The molecule has 2 heterocycles. The van der Waals surface area contributed by atoms with Crippen LogP contribution in [0.5, 0.6) is 0 Å². The highest BCUT2D eigenvalue weighted by molar-refractivity contribution is 7.99. The minimum Gasteiger partial charge on any atom is -0.358 e. The molecule has 0 unspecified atom stereocenters. The van der Waals surface area contributed by atoms with Crippen molar-refractivity contribution >= 4 is 44.7 Å². The van der Waals surface area contributed by atoms with Crippen molar-refractivity contribution < 1.29 is 17.7 Å². The van der Waals surface area contributed by atoms with E-state index in [0.29, 0.717) is 9.79 Å². The van der Waals surface area contributed by atoms with Crippen LogP contribution in [0.3, 0.4) is 0 Å². The molecule has 0 aliphatic heterocycles. The predicted octanol–water partition coefficient (Wildman–Crippen LogP) is 5.16. The van der Waals surface area contributed by atoms with E-state index in [0.717, 1.165) is 16.2 Å². The third-order valence-corrected chi connectivity index (χ3v) is 7.18. The summed E-state index contributed by atoms with van der Waals surface area (Å²) in [5, 5.41) is 12.0. The molecule has 4 aromatic rings. The zero-order valence-corrected chi connectivity index (χ0v) is 18.0. The maximum atomic E-state index is 13.6. The summed E-state index contributed by atoms with van der Waals surface area (Å²) in [5.41, 5.74) is -0.0548. The number of hydrogen-bond donors (Lipinski definition) is 0. The summed E-state index contributed by atoms with van der Waals surface area (Å²) in [6.45, 7) is 0. The van der Waals surface area contributed by atoms with Crippen LogP contribution in [0.25, 0.3) is 5.65 Å². The van der Waals surface area contributed by atoms with E-state index < -0.39 is 32.1 Å². The third-order valence-electron chi connectivity index (χ3n) is 4.32. The van der Waals surface area contributed by atoms with E-state index in [1.807, 2.05) is 0 Å². The summed E-state index contributed by atoms with van der Waals surface area (Å²) in [6, 6.07) is 15.0. The van der Waals surface area contributed by atoms with Crippen molar-refractivity contribution in [3.63, 3.8) is 0 Å². The van der Waals surface area contributed by atoms with Crippen LogP contribution < -0.4 is 0 Å². The van der Waals surface area contributed by atoms with Crippen LogP contribution in [0, 0.1) is 15.9 Å². The van der Waals surface area contributed by atoms with Crippen LogP contribution >= 0.6 is 23.4 Å². The Balaban J connectivity index is 1.85. The first-order chi connectivity index (χ1) is 14.7. The molecule has 0 aliphatic carbocycles. The van der Waals surface area contributed by atoms with Crippen LogP contribution in [0.1, 0.15) is 5.69 Å². The highest BCUT2D eigenvalue weighted by atomic mass is 35.5. The molecule has 158 valence electrons. The van der Waals surface area contributed by atoms with Crippen LogP contribution in [0.15, 0.2) is 81.5 Å². The molecule has 0 fully saturated rings. The van der Waals surface area contributed by atoms with Gasteiger partial charge in [-0.2, -0.15) is 4.40 Å². The molecule has 0 spiro atoms. The van der Waals surface area contributed by atoms with E-state index in [9.17, 15) is 22.9 Å². The Morgan fingerprint density at radius 2 is 1.87 bits per heavy atom. The molecule has 0 radical (unpaired) electrons. The van der Waals surface area contributed by atoms with Gasteiger partial charge in [0.05, 0.1) is 14.8 Å². The SMILES string of the molecule is O=[N+]([O-])c1c(CS(=O)(=O)c2ccccc2)nc2c(Sc3cccc(F)c3)cc(Cl)cn12. The molecule has 0 aliphatic rings. The van der Waals surface area contributed by atoms with E-state index in [1.54, 1.807) is 30.3 Å². The molecule has 0 saturated carbocycles. The lowest BCUT2D eigenvalue weighted by atomic mass is 10.3. The summed E-state index contributed by atoms with van der Waals surface area (Å²) >= 11 is 7.27. The van der Waals surface area contributed by atoms with Gasteiger partial charge in [0.15, 0.2) is 15.5 Å². The minimum absolute atomic E-state index is 0.0359. The maximum absolute atomic E-state index is 13.6. The summed E-state index contributed by atoms with van der Waals surface area (Å²) in [7, 11) is -3.87. The number of sulfone groups is 1. The van der Waals surface area contributed by atoms with Gasteiger partial charge in [-0.15, -0.1) is 0 Å². The van der Waals surface area contributed by atoms with Gasteiger partial charge in [0.2, 0.25) is 5.65 Å². The highest BCUT2D eigenvalue weighted by Gasteiger charge is 2.29. The number of nitro groups is 1. The fourth-order valence-electron chi connectivity index (χ4n) is 3.03. The van der Waals surface area contributed by atoms with Gasteiger partial charge in [0.25, 0.3) is 0 Å². The van der Waals surface area contributed by atoms with Crippen molar-refractivity contribution in [2.75, 3.05) is 0 Å². The quantitative estimate of drug-likeness (QED) is 0.281. The van der Waals surface area contributed by atoms with Crippen LogP contribution in [-0.2, 0) is 15.6 Å². The van der Waals surface area contributed by atoms with Gasteiger partial charge < -0.3 is 10.1 Å². The topological polar surface area (TPSA) is 94.6 Å². The number of halogens is 2. The van der Waals surface area contributed by atoms with E-state index in [4.69, 9.17) is 11.6 Å². The first kappa shape index (κ1) is 21.3. The second-order valence-electron chi connectivity index (χ2n) is 6.49. The zero-order valence-electron chi connectivity index (χ0n) is 15.6. The Morgan fingerprint density at radius 1 is 1.13 bits per heavy atom. The Morgan fingerprint density at radius 3 is 2.55 bits per heavy atom. The number of benzene rings is 2. The first-order valence-corrected chi connectivity index (χ1v) is 11.7. The summed E-state index contributed by atoms with van der Waals surface area (Å²) in [4.78, 5) is 16.4. The molecule has 7 nitrogen and oxygen atoms in total. The lowest BCUT2D eigenvalue weighted by molar-refractivity contribution is -0.391. The lowest BCUT2D eigenvalue weighted by Crippen LogP contribution is -2.07. The number of hydrogen-bond acceptors (Lipinski definition) is 6. The molecule has 31 heavy (non-hydrogen) atoms. The molecule has 0 N–H and O–H groups in total. The monoisotopic (exact) mass is 477 g/mol. The van der Waals surface area contributed by atoms with Gasteiger partial charge in [0, 0.05) is 4.90 Å². The van der Waals surface area contributed by atoms with Crippen LogP contribution in [0.2, 0.25) is 5.02 Å². The average Bonchev–Trinajstić information content (AvgIpc) is 3.06. The van der Waals surface area contributed by atoms with Crippen molar-refractivity contribution in [1.29, 1.82) is 0 Å². The second kappa shape index (κ2) is 8.29. The van der Waals surface area contributed by atoms with Gasteiger partial charge in [-0.05, 0) is 41.3 Å². The molecule has 0 amide bonds. The minimum atomic E-state index is -3.87. The van der Waals surface area contributed by atoms with Crippen molar-refractivity contribution in [2.24, 2.45) is 0 Å². The largest absolute Gasteiger partial charge is 0.358 e. The molecule has 0 bridgehead atoms. The zero-order chi connectivity index (χ0) is 22.2. The predicted molar refractivity (Wildman–Crippen MR) is 115 cm³/mol. The lowest BCUT2D eigenvalue weighted by Gasteiger charge is -2.03. The number of fused-ring (bicyclic) bond motifs is 1. The van der Waals surface area contributed by atoms with Crippen LogP contribution in [0.4, 0.5) is 10.2 Å². The molecule has 11 heteroatoms. The maximum Gasteiger partial charge on any atom is 0.352 e. The molecule has 0 atom stereocenters. The third kappa shape index (κ3) is 4.41. The Bertz CT molecular complexity index is 1410. The second-order valence-corrected chi connectivity index (χ2v) is 10.0. The highest BCUT2D eigenvalue weighted by Crippen LogP contribution is 2.36. The molecular formula is C20H13ClFN3O4S2. The van der Waals surface area contributed by atoms with E-state index in [2.05, 4.69) is 4.98 Å². The number of nitrogens with zero attached hydrogens (tertiary/aromatic N) is 3. The van der Waals surface area contributed by atoms with E-state index in [1.165, 1.54) is 36.5 Å². The smallest absolute Gasteiger partial charge is 0.352 e. The molecule has 0 saturated heterocycles. The first-order valence-electron chi connectivity index (χ1n) is 8.81. The van der Waals surface area contributed by atoms with Crippen molar-refractivity contribution in [2.45, 2.75) is 20.4 Å². The van der Waals surface area contributed by atoms with Crippen molar-refractivity contribution in [1.82, 2.24) is 9.38 Å². The summed E-state index contributed by atoms with van der Waals surface area (Å²) < 4.78 is 40.3. The van der Waals surface area contributed by atoms with Crippen molar-refractivity contribution in [3.05, 3.63) is 93.5 Å². The summed E-state index contributed by atoms with van der Waals surface area (Å²) in [6.07, 6.45) is 1.30. The Kier molecular flexibility index (Phi) is 5.69. The number of imidazole rings is 1. The Hall–Kier alpha value is -2.95. The number of rotatable bonds is 6. The van der Waals surface area contributed by atoms with Crippen molar-refractivity contribution in [3.8, 4) is 0 Å². The summed E-state index contributed by atoms with van der Waals surface area (Å²) in [5.74, 6) is -1.58.